The summed E-state index contributed by atoms with van der Waals surface area (Å²) in [6, 6.07) is 9.88. The van der Waals surface area contributed by atoms with Crippen molar-refractivity contribution >= 4 is 0 Å². The number of rotatable bonds is 3. The average molecular weight is 272 g/mol. The lowest BCUT2D eigenvalue weighted by molar-refractivity contribution is -0.900. The number of nitrogens with one attached hydrogen (secondary N) is 1. The normalized spacial score (nSPS) is 22.6. The van der Waals surface area contributed by atoms with E-state index in [1.165, 1.54) is 4.90 Å². The van der Waals surface area contributed by atoms with Gasteiger partial charge in [-0.1, -0.05) is 36.3 Å². The molecule has 3 heteroatoms. The monoisotopic (exact) mass is 272 g/mol. The molecule has 0 spiro atoms. The van der Waals surface area contributed by atoms with Gasteiger partial charge in [0.05, 0.1) is 13.2 Å². The highest BCUT2D eigenvalue weighted by Crippen LogP contribution is 2.45. The number of aliphatic hydroxyl groups is 1. The fourth-order valence-corrected chi connectivity index (χ4v) is 2.74. The maximum absolute atomic E-state index is 10.9. The highest BCUT2D eigenvalue weighted by molar-refractivity contribution is 5.34. The third-order valence-electron chi connectivity index (χ3n) is 4.20. The Morgan fingerprint density at radius 1 is 1.20 bits per heavy atom. The highest BCUT2D eigenvalue weighted by atomic mass is 16.5. The van der Waals surface area contributed by atoms with Crippen molar-refractivity contribution in [1.29, 1.82) is 0 Å². The summed E-state index contributed by atoms with van der Waals surface area (Å²) in [7, 11) is 0. The van der Waals surface area contributed by atoms with Crippen molar-refractivity contribution in [3.05, 3.63) is 35.9 Å². The molecule has 0 unspecified atom stereocenters. The first-order valence-corrected chi connectivity index (χ1v) is 7.48. The molecular formula is C17H22NO2+. The Kier molecular flexibility index (Phi) is 4.07. The third kappa shape index (κ3) is 3.04. The van der Waals surface area contributed by atoms with E-state index in [-0.39, 0.29) is 0 Å². The van der Waals surface area contributed by atoms with Crippen LogP contribution in [0.5, 0.6) is 0 Å². The van der Waals surface area contributed by atoms with Crippen molar-refractivity contribution in [3.63, 3.8) is 0 Å². The van der Waals surface area contributed by atoms with Crippen molar-refractivity contribution in [2.75, 3.05) is 32.8 Å². The highest BCUT2D eigenvalue weighted by Gasteiger charge is 2.44. The van der Waals surface area contributed by atoms with Gasteiger partial charge in [-0.3, -0.25) is 0 Å². The van der Waals surface area contributed by atoms with E-state index in [9.17, 15) is 5.11 Å². The molecule has 1 saturated heterocycles. The van der Waals surface area contributed by atoms with Gasteiger partial charge in [-0.15, -0.1) is 0 Å². The molecule has 2 fully saturated rings. The SMILES string of the molecule is O[C@@](C#CC[NH+]1CCOCC1)(c1ccccc1)C1CC1. The second-order valence-corrected chi connectivity index (χ2v) is 5.75. The second-order valence-electron chi connectivity index (χ2n) is 5.75. The molecule has 106 valence electrons. The Hall–Kier alpha value is -1.34. The molecule has 20 heavy (non-hydrogen) atoms. The first kappa shape index (κ1) is 13.6. The van der Waals surface area contributed by atoms with Crippen molar-refractivity contribution in [3.8, 4) is 11.8 Å². The molecule has 2 aliphatic rings. The zero-order valence-electron chi connectivity index (χ0n) is 11.8. The lowest BCUT2D eigenvalue weighted by Gasteiger charge is -2.24. The molecule has 0 amide bonds. The van der Waals surface area contributed by atoms with Crippen LogP contribution in [0.25, 0.3) is 0 Å². The smallest absolute Gasteiger partial charge is 0.153 e. The van der Waals surface area contributed by atoms with Crippen LogP contribution in [0.15, 0.2) is 30.3 Å². The standard InChI is InChI=1S/C17H21NO2/c19-17(16-7-8-16,15-5-2-1-3-6-15)9-4-10-18-11-13-20-14-12-18/h1-3,5-6,16,19H,7-8,10-14H2/p+1/t17-/m0/s1. The molecule has 0 bridgehead atoms. The predicted molar refractivity (Wildman–Crippen MR) is 77.2 cm³/mol. The van der Waals surface area contributed by atoms with Crippen LogP contribution in [0.4, 0.5) is 0 Å². The first-order valence-electron chi connectivity index (χ1n) is 7.48. The lowest BCUT2D eigenvalue weighted by Crippen LogP contribution is -3.14. The van der Waals surface area contributed by atoms with Crippen LogP contribution < -0.4 is 4.90 Å². The van der Waals surface area contributed by atoms with Crippen molar-refractivity contribution in [2.24, 2.45) is 5.92 Å². The van der Waals surface area contributed by atoms with Gasteiger partial charge in [0.15, 0.2) is 5.60 Å². The van der Waals surface area contributed by atoms with Gasteiger partial charge in [-0.05, 0) is 24.3 Å². The summed E-state index contributed by atoms with van der Waals surface area (Å²) in [4.78, 5) is 1.45. The molecule has 0 aromatic heterocycles. The van der Waals surface area contributed by atoms with E-state index in [0.29, 0.717) is 5.92 Å². The topological polar surface area (TPSA) is 33.9 Å². The average Bonchev–Trinajstić information content (AvgIpc) is 3.34. The summed E-state index contributed by atoms with van der Waals surface area (Å²) in [6.45, 7) is 4.47. The second kappa shape index (κ2) is 5.97. The summed E-state index contributed by atoms with van der Waals surface area (Å²) in [5, 5.41) is 10.9. The predicted octanol–water partition coefficient (Wildman–Crippen LogP) is 0.203. The maximum atomic E-state index is 10.9. The van der Waals surface area contributed by atoms with Crippen molar-refractivity contribution in [1.82, 2.24) is 0 Å². The Bertz CT molecular complexity index is 495. The van der Waals surface area contributed by atoms with Gasteiger partial charge in [0.25, 0.3) is 0 Å². The molecule has 1 atom stereocenters. The zero-order chi connectivity index (χ0) is 13.8. The number of hydrogen-bond acceptors (Lipinski definition) is 2. The Labute approximate surface area is 120 Å². The number of quaternary nitrogens is 1. The van der Waals surface area contributed by atoms with Crippen LogP contribution in [0.3, 0.4) is 0 Å². The van der Waals surface area contributed by atoms with Crippen LogP contribution in [0.1, 0.15) is 18.4 Å². The van der Waals surface area contributed by atoms with E-state index < -0.39 is 5.60 Å². The van der Waals surface area contributed by atoms with Gasteiger partial charge >= 0.3 is 0 Å². The molecule has 1 aromatic carbocycles. The van der Waals surface area contributed by atoms with E-state index in [1.807, 2.05) is 30.3 Å². The van der Waals surface area contributed by atoms with Crippen LogP contribution in [0, 0.1) is 17.8 Å². The summed E-state index contributed by atoms with van der Waals surface area (Å²) >= 11 is 0. The van der Waals surface area contributed by atoms with Crippen LogP contribution in [-0.2, 0) is 10.3 Å². The Morgan fingerprint density at radius 3 is 2.55 bits per heavy atom. The molecule has 0 radical (unpaired) electrons. The molecule has 2 N–H and O–H groups in total. The molecule has 3 nitrogen and oxygen atoms in total. The lowest BCUT2D eigenvalue weighted by atomic mass is 9.89. The minimum Gasteiger partial charge on any atom is -0.373 e. The largest absolute Gasteiger partial charge is 0.373 e. The van der Waals surface area contributed by atoms with Crippen LogP contribution in [-0.4, -0.2) is 38.0 Å². The van der Waals surface area contributed by atoms with Gasteiger partial charge < -0.3 is 14.7 Å². The summed E-state index contributed by atoms with van der Waals surface area (Å²) in [6.07, 6.45) is 2.15. The summed E-state index contributed by atoms with van der Waals surface area (Å²) in [5.41, 5.74) is -0.0144. The minimum absolute atomic E-state index is 0.303. The molecule has 3 rings (SSSR count). The fourth-order valence-electron chi connectivity index (χ4n) is 2.74. The number of benzene rings is 1. The Morgan fingerprint density at radius 2 is 1.90 bits per heavy atom. The van der Waals surface area contributed by atoms with Gasteiger partial charge in [0, 0.05) is 5.92 Å². The third-order valence-corrected chi connectivity index (χ3v) is 4.20. The van der Waals surface area contributed by atoms with Crippen molar-refractivity contribution in [2.45, 2.75) is 18.4 Å². The van der Waals surface area contributed by atoms with E-state index >= 15 is 0 Å². The van der Waals surface area contributed by atoms with E-state index in [0.717, 1.165) is 51.3 Å². The summed E-state index contributed by atoms with van der Waals surface area (Å²) in [5.74, 6) is 6.69. The molecule has 1 saturated carbocycles. The van der Waals surface area contributed by atoms with E-state index in [2.05, 4.69) is 11.8 Å². The van der Waals surface area contributed by atoms with Gasteiger partial charge in [0.2, 0.25) is 0 Å². The van der Waals surface area contributed by atoms with E-state index in [1.54, 1.807) is 0 Å². The Balaban J connectivity index is 1.71. The first-order chi connectivity index (χ1) is 9.79. The molecule has 1 aromatic rings. The molecular weight excluding hydrogens is 250 g/mol. The van der Waals surface area contributed by atoms with Crippen LogP contribution in [0.2, 0.25) is 0 Å². The van der Waals surface area contributed by atoms with Crippen molar-refractivity contribution < 1.29 is 14.7 Å². The van der Waals surface area contributed by atoms with Gasteiger partial charge in [-0.25, -0.2) is 0 Å². The van der Waals surface area contributed by atoms with Gasteiger partial charge in [0.1, 0.15) is 19.6 Å². The zero-order valence-corrected chi connectivity index (χ0v) is 11.8. The molecule has 1 heterocycles. The van der Waals surface area contributed by atoms with Crippen LogP contribution >= 0.6 is 0 Å². The molecule has 1 aliphatic carbocycles. The molecule has 1 aliphatic heterocycles. The maximum Gasteiger partial charge on any atom is 0.153 e. The quantitative estimate of drug-likeness (QED) is 0.771. The van der Waals surface area contributed by atoms with Gasteiger partial charge in [-0.2, -0.15) is 0 Å². The number of morpholine rings is 1. The minimum atomic E-state index is -0.951. The number of hydrogen-bond donors (Lipinski definition) is 2. The number of ether oxygens (including phenoxy) is 1. The van der Waals surface area contributed by atoms with E-state index in [4.69, 9.17) is 4.74 Å². The summed E-state index contributed by atoms with van der Waals surface area (Å²) < 4.78 is 5.35. The fraction of sp³-hybridized carbons (Fsp3) is 0.529.